The molecule has 0 spiro atoms. The minimum absolute atomic E-state index is 0.133. The van der Waals surface area contributed by atoms with E-state index < -0.39 is 17.7 Å². The van der Waals surface area contributed by atoms with Gasteiger partial charge >= 0.3 is 6.09 Å². The number of likely N-dealkylation sites (tertiary alicyclic amines) is 1. The van der Waals surface area contributed by atoms with Crippen molar-refractivity contribution in [3.05, 3.63) is 35.4 Å². The van der Waals surface area contributed by atoms with Gasteiger partial charge in [-0.05, 0) is 38.5 Å². The average Bonchev–Trinajstić information content (AvgIpc) is 2.74. The maximum atomic E-state index is 13.4. The molecule has 0 unspecified atom stereocenters. The summed E-state index contributed by atoms with van der Waals surface area (Å²) in [6.45, 7) is 6.56. The fourth-order valence-electron chi connectivity index (χ4n) is 2.74. The molecule has 0 bridgehead atoms. The monoisotopic (exact) mass is 298 g/mol. The lowest BCUT2D eigenvalue weighted by Crippen LogP contribution is -2.47. The van der Waals surface area contributed by atoms with Crippen LogP contribution in [0.5, 0.6) is 0 Å². The Hall–Kier alpha value is -1.69. The van der Waals surface area contributed by atoms with Gasteiger partial charge in [0.2, 0.25) is 0 Å². The molecule has 0 radical (unpaired) electrons. The van der Waals surface area contributed by atoms with Gasteiger partial charge in [-0.3, -0.25) is 0 Å². The van der Waals surface area contributed by atoms with Crippen LogP contribution in [-0.2, 0) is 0 Å². The fourth-order valence-corrected chi connectivity index (χ4v) is 2.74. The molecule has 1 aliphatic heterocycles. The van der Waals surface area contributed by atoms with Crippen molar-refractivity contribution in [2.75, 3.05) is 13.1 Å². The molecule has 0 saturated carbocycles. The maximum Gasteiger partial charge on any atom is 0.407 e. The zero-order valence-electron chi connectivity index (χ0n) is 12.4. The highest BCUT2D eigenvalue weighted by atomic mass is 19.2. The Bertz CT molecular complexity index is 543. The number of amides is 1. The van der Waals surface area contributed by atoms with E-state index in [1.807, 2.05) is 20.8 Å². The van der Waals surface area contributed by atoms with E-state index in [1.165, 1.54) is 11.0 Å². The number of nitrogens with zero attached hydrogens (tertiary/aromatic N) is 1. The van der Waals surface area contributed by atoms with E-state index in [9.17, 15) is 13.6 Å². The Labute approximate surface area is 122 Å². The van der Waals surface area contributed by atoms with Crippen LogP contribution in [0.2, 0.25) is 0 Å². The summed E-state index contributed by atoms with van der Waals surface area (Å²) >= 11 is 0. The normalized spacial score (nSPS) is 22.6. The van der Waals surface area contributed by atoms with E-state index in [1.54, 1.807) is 0 Å². The summed E-state index contributed by atoms with van der Waals surface area (Å²) in [6, 6.07) is 3.63. The van der Waals surface area contributed by atoms with Gasteiger partial charge in [0.05, 0.1) is 0 Å². The summed E-state index contributed by atoms with van der Waals surface area (Å²) in [6.07, 6.45) is -0.999. The molecule has 1 aromatic carbocycles. The summed E-state index contributed by atoms with van der Waals surface area (Å²) in [5, 5.41) is 12.5. The Balaban J connectivity index is 2.28. The quantitative estimate of drug-likeness (QED) is 0.883. The number of rotatable bonds is 2. The first-order valence-corrected chi connectivity index (χ1v) is 6.88. The summed E-state index contributed by atoms with van der Waals surface area (Å²) in [5.74, 6) is -2.00. The Morgan fingerprint density at radius 3 is 2.48 bits per heavy atom. The third kappa shape index (κ3) is 3.69. The lowest BCUT2D eigenvalue weighted by molar-refractivity contribution is 0.153. The highest BCUT2D eigenvalue weighted by Gasteiger charge is 2.38. The van der Waals surface area contributed by atoms with Gasteiger partial charge in [0.15, 0.2) is 11.6 Å². The third-order valence-corrected chi connectivity index (χ3v) is 3.58. The largest absolute Gasteiger partial charge is 0.465 e. The standard InChI is InChI=1S/C15H20F2N2O2/c1-15(2,3)18-13-8-19(14(20)21)7-10(13)9-4-5-11(16)12(17)6-9/h4-6,10,13,18H,7-8H2,1-3H3,(H,20,21)/t10-,13+/m0/s1. The predicted molar refractivity (Wildman–Crippen MR) is 75.4 cm³/mol. The molecule has 0 aromatic heterocycles. The van der Waals surface area contributed by atoms with Crippen molar-refractivity contribution >= 4 is 6.09 Å². The van der Waals surface area contributed by atoms with Crippen molar-refractivity contribution in [1.29, 1.82) is 0 Å². The highest BCUT2D eigenvalue weighted by molar-refractivity contribution is 5.65. The van der Waals surface area contributed by atoms with Crippen molar-refractivity contribution in [3.63, 3.8) is 0 Å². The van der Waals surface area contributed by atoms with E-state index in [0.717, 1.165) is 12.1 Å². The van der Waals surface area contributed by atoms with Crippen LogP contribution >= 0.6 is 0 Å². The second kappa shape index (κ2) is 5.60. The second-order valence-corrected chi connectivity index (χ2v) is 6.47. The molecule has 0 aliphatic carbocycles. The maximum absolute atomic E-state index is 13.4. The Morgan fingerprint density at radius 2 is 1.95 bits per heavy atom. The lowest BCUT2D eigenvalue weighted by atomic mass is 9.92. The summed E-state index contributed by atoms with van der Waals surface area (Å²) in [7, 11) is 0. The van der Waals surface area contributed by atoms with E-state index in [4.69, 9.17) is 5.11 Å². The number of hydrogen-bond donors (Lipinski definition) is 2. The van der Waals surface area contributed by atoms with Crippen LogP contribution in [-0.4, -0.2) is 40.8 Å². The average molecular weight is 298 g/mol. The van der Waals surface area contributed by atoms with Crippen LogP contribution in [0, 0.1) is 11.6 Å². The van der Waals surface area contributed by atoms with Crippen molar-refractivity contribution < 1.29 is 18.7 Å². The Morgan fingerprint density at radius 1 is 1.29 bits per heavy atom. The minimum atomic E-state index is -0.999. The lowest BCUT2D eigenvalue weighted by Gasteiger charge is -2.29. The summed E-state index contributed by atoms with van der Waals surface area (Å²) in [4.78, 5) is 12.5. The van der Waals surface area contributed by atoms with Gasteiger partial charge in [-0.1, -0.05) is 6.07 Å². The molecule has 21 heavy (non-hydrogen) atoms. The zero-order chi connectivity index (χ0) is 15.8. The molecule has 116 valence electrons. The van der Waals surface area contributed by atoms with Crippen LogP contribution in [0.3, 0.4) is 0 Å². The highest BCUT2D eigenvalue weighted by Crippen LogP contribution is 2.30. The molecule has 1 saturated heterocycles. The van der Waals surface area contributed by atoms with Crippen molar-refractivity contribution in [3.8, 4) is 0 Å². The predicted octanol–water partition coefficient (Wildman–Crippen LogP) is 2.80. The zero-order valence-corrected chi connectivity index (χ0v) is 12.4. The molecule has 1 amide bonds. The molecular formula is C15H20F2N2O2. The van der Waals surface area contributed by atoms with E-state index in [0.29, 0.717) is 12.1 Å². The number of benzene rings is 1. The minimum Gasteiger partial charge on any atom is -0.465 e. The van der Waals surface area contributed by atoms with Crippen molar-refractivity contribution in [2.45, 2.75) is 38.3 Å². The van der Waals surface area contributed by atoms with Crippen molar-refractivity contribution in [2.24, 2.45) is 0 Å². The number of nitrogens with one attached hydrogen (secondary N) is 1. The molecule has 4 nitrogen and oxygen atoms in total. The van der Waals surface area contributed by atoms with Gasteiger partial charge in [-0.2, -0.15) is 0 Å². The first-order chi connectivity index (χ1) is 9.67. The smallest absolute Gasteiger partial charge is 0.407 e. The number of hydrogen-bond acceptors (Lipinski definition) is 2. The Kier molecular flexibility index (Phi) is 4.18. The number of halogens is 2. The van der Waals surface area contributed by atoms with Crippen LogP contribution in [0.1, 0.15) is 32.3 Å². The number of carboxylic acid groups (broad SMARTS) is 1. The summed E-state index contributed by atoms with van der Waals surface area (Å²) < 4.78 is 26.5. The van der Waals surface area contributed by atoms with Gasteiger partial charge in [-0.15, -0.1) is 0 Å². The molecule has 2 atom stereocenters. The van der Waals surface area contributed by atoms with Gasteiger partial charge in [0, 0.05) is 30.6 Å². The van der Waals surface area contributed by atoms with E-state index >= 15 is 0 Å². The first-order valence-electron chi connectivity index (χ1n) is 6.88. The van der Waals surface area contributed by atoms with Crippen molar-refractivity contribution in [1.82, 2.24) is 10.2 Å². The molecule has 1 heterocycles. The fraction of sp³-hybridized carbons (Fsp3) is 0.533. The molecule has 1 aliphatic rings. The van der Waals surface area contributed by atoms with Gasteiger partial charge < -0.3 is 15.3 Å². The molecule has 6 heteroatoms. The second-order valence-electron chi connectivity index (χ2n) is 6.47. The molecule has 1 fully saturated rings. The molecule has 2 N–H and O–H groups in total. The van der Waals surface area contributed by atoms with Gasteiger partial charge in [0.25, 0.3) is 0 Å². The van der Waals surface area contributed by atoms with E-state index in [2.05, 4.69) is 5.32 Å². The molecule has 1 aromatic rings. The number of carbonyl (C=O) groups is 1. The van der Waals surface area contributed by atoms with E-state index in [-0.39, 0.29) is 24.0 Å². The van der Waals surface area contributed by atoms with Crippen LogP contribution in [0.15, 0.2) is 18.2 Å². The molecular weight excluding hydrogens is 278 g/mol. The molecule has 2 rings (SSSR count). The first kappa shape index (κ1) is 15.7. The third-order valence-electron chi connectivity index (χ3n) is 3.58. The van der Waals surface area contributed by atoms with Gasteiger partial charge in [0.1, 0.15) is 0 Å². The SMILES string of the molecule is CC(C)(C)N[C@@H]1CN(C(=O)O)C[C@H]1c1ccc(F)c(F)c1. The summed E-state index contributed by atoms with van der Waals surface area (Å²) in [5.41, 5.74) is 0.412. The van der Waals surface area contributed by atoms with Crippen LogP contribution < -0.4 is 5.32 Å². The van der Waals surface area contributed by atoms with Crippen LogP contribution in [0.25, 0.3) is 0 Å². The van der Waals surface area contributed by atoms with Crippen LogP contribution in [0.4, 0.5) is 13.6 Å². The topological polar surface area (TPSA) is 52.6 Å². The van der Waals surface area contributed by atoms with Gasteiger partial charge in [-0.25, -0.2) is 13.6 Å².